The fourth-order valence-electron chi connectivity index (χ4n) is 3.54. The molecule has 1 aromatic rings. The first-order valence-corrected chi connectivity index (χ1v) is 10.8. The van der Waals surface area contributed by atoms with Crippen LogP contribution in [-0.4, -0.2) is 69.7 Å². The molecule has 160 valence electrons. The van der Waals surface area contributed by atoms with Gasteiger partial charge >= 0.3 is 0 Å². The molecule has 2 fully saturated rings. The van der Waals surface area contributed by atoms with Crippen molar-refractivity contribution in [2.24, 2.45) is 0 Å². The van der Waals surface area contributed by atoms with E-state index in [0.717, 1.165) is 31.6 Å². The molecule has 0 aromatic heterocycles. The number of nitrogens with one attached hydrogen (secondary N) is 2. The Kier molecular flexibility index (Phi) is 10.00. The van der Waals surface area contributed by atoms with Gasteiger partial charge in [0, 0.05) is 37.9 Å². The maximum absolute atomic E-state index is 12.6. The second kappa shape index (κ2) is 11.2. The van der Waals surface area contributed by atoms with E-state index in [1.165, 1.54) is 9.87 Å². The molecule has 0 bridgehead atoms. The molecular weight excluding hydrogens is 423 g/mol. The van der Waals surface area contributed by atoms with Crippen LogP contribution in [0.3, 0.4) is 0 Å². The highest BCUT2D eigenvalue weighted by Gasteiger charge is 2.29. The lowest BCUT2D eigenvalue weighted by atomic mass is 10.1. The number of halogens is 2. The highest BCUT2D eigenvalue weighted by molar-refractivity contribution is 7.89. The maximum Gasteiger partial charge on any atom is 0.236 e. The number of carbonyl (C=O) groups excluding carboxylic acids is 1. The highest BCUT2D eigenvalue weighted by atomic mass is 35.5. The van der Waals surface area contributed by atoms with E-state index in [9.17, 15) is 13.2 Å². The van der Waals surface area contributed by atoms with Crippen molar-refractivity contribution >= 4 is 46.4 Å². The molecule has 3 rings (SSSR count). The van der Waals surface area contributed by atoms with E-state index < -0.39 is 21.7 Å². The summed E-state index contributed by atoms with van der Waals surface area (Å²) < 4.78 is 26.6. The monoisotopic (exact) mass is 452 g/mol. The van der Waals surface area contributed by atoms with Gasteiger partial charge in [0.25, 0.3) is 0 Å². The first kappa shape index (κ1) is 25.0. The van der Waals surface area contributed by atoms with Gasteiger partial charge in [-0.2, -0.15) is 4.31 Å². The van der Waals surface area contributed by atoms with Crippen molar-refractivity contribution in [1.29, 1.82) is 0 Å². The van der Waals surface area contributed by atoms with Crippen LogP contribution in [0.5, 0.6) is 0 Å². The van der Waals surface area contributed by atoms with E-state index in [1.54, 1.807) is 0 Å². The van der Waals surface area contributed by atoms with Gasteiger partial charge < -0.3 is 15.5 Å². The summed E-state index contributed by atoms with van der Waals surface area (Å²) in [5.41, 5.74) is 2.30. The maximum atomic E-state index is 12.6. The zero-order valence-corrected chi connectivity index (χ0v) is 18.5. The Labute approximate surface area is 180 Å². The summed E-state index contributed by atoms with van der Waals surface area (Å²) in [7, 11) is -3.57. The van der Waals surface area contributed by atoms with Gasteiger partial charge in [-0.15, -0.1) is 24.8 Å². The van der Waals surface area contributed by atoms with Crippen LogP contribution in [-0.2, 0) is 14.8 Å². The Bertz CT molecular complexity index is 734. The van der Waals surface area contributed by atoms with Crippen LogP contribution in [0.1, 0.15) is 18.4 Å². The molecule has 1 amide bonds. The normalized spacial score (nSPS) is 18.7. The zero-order valence-electron chi connectivity index (χ0n) is 16.1. The Morgan fingerprint density at radius 2 is 1.79 bits per heavy atom. The van der Waals surface area contributed by atoms with Crippen molar-refractivity contribution in [3.63, 3.8) is 0 Å². The summed E-state index contributed by atoms with van der Waals surface area (Å²) in [5.74, 6) is -0.848. The second-order valence-electron chi connectivity index (χ2n) is 7.07. The number of nitrogens with zero attached hydrogens (tertiary/aromatic N) is 2. The largest absolute Gasteiger partial charge is 0.369 e. The minimum Gasteiger partial charge on any atom is -0.369 e. The van der Waals surface area contributed by atoms with Crippen LogP contribution in [0.25, 0.3) is 0 Å². The Morgan fingerprint density at radius 3 is 2.39 bits per heavy atom. The molecule has 0 radical (unpaired) electrons. The molecule has 2 saturated heterocycles. The van der Waals surface area contributed by atoms with Gasteiger partial charge in [-0.25, -0.2) is 8.42 Å². The molecule has 7 nitrogen and oxygen atoms in total. The number of rotatable bonds is 5. The van der Waals surface area contributed by atoms with Crippen molar-refractivity contribution in [2.75, 3.05) is 49.9 Å². The third-order valence-electron chi connectivity index (χ3n) is 5.02. The van der Waals surface area contributed by atoms with E-state index >= 15 is 0 Å². The number of carbonyl (C=O) groups is 1. The SMILES string of the molecule is Cc1cccc(N2CCN(S(=O)(=O)CC(=O)NC3CCNCC3)CC2)c1.Cl.Cl. The number of amides is 1. The minimum atomic E-state index is -3.57. The fourth-order valence-corrected chi connectivity index (χ4v) is 4.86. The minimum absolute atomic E-state index is 0. The van der Waals surface area contributed by atoms with Gasteiger partial charge in [0.05, 0.1) is 0 Å². The second-order valence-corrected chi connectivity index (χ2v) is 9.04. The summed E-state index contributed by atoms with van der Waals surface area (Å²) in [6, 6.07) is 8.29. The van der Waals surface area contributed by atoms with Gasteiger partial charge in [-0.05, 0) is 50.6 Å². The van der Waals surface area contributed by atoms with Gasteiger partial charge in [0.2, 0.25) is 15.9 Å². The number of hydrogen-bond donors (Lipinski definition) is 2. The number of benzene rings is 1. The smallest absolute Gasteiger partial charge is 0.236 e. The number of anilines is 1. The average molecular weight is 453 g/mol. The summed E-state index contributed by atoms with van der Waals surface area (Å²) in [6.45, 7) is 5.87. The standard InChI is InChI=1S/C18H28N4O3S.2ClH/c1-15-3-2-4-17(13-15)21-9-11-22(12-10-21)26(24,25)14-18(23)20-16-5-7-19-8-6-16;;/h2-4,13,16,19H,5-12,14H2,1H3,(H,20,23);2*1H. The third-order valence-corrected chi connectivity index (χ3v) is 6.80. The van der Waals surface area contributed by atoms with Crippen LogP contribution in [0.4, 0.5) is 5.69 Å². The molecule has 2 N–H and O–H groups in total. The van der Waals surface area contributed by atoms with E-state index in [0.29, 0.717) is 26.2 Å². The predicted molar refractivity (Wildman–Crippen MR) is 117 cm³/mol. The number of piperidine rings is 1. The predicted octanol–water partition coefficient (Wildman–Crippen LogP) is 1.16. The molecule has 1 aromatic carbocycles. The quantitative estimate of drug-likeness (QED) is 0.700. The van der Waals surface area contributed by atoms with Crippen LogP contribution >= 0.6 is 24.8 Å². The molecule has 0 atom stereocenters. The van der Waals surface area contributed by atoms with Crippen LogP contribution in [0.2, 0.25) is 0 Å². The fraction of sp³-hybridized carbons (Fsp3) is 0.611. The van der Waals surface area contributed by atoms with Gasteiger partial charge in [0.1, 0.15) is 5.75 Å². The summed E-state index contributed by atoms with van der Waals surface area (Å²) in [6.07, 6.45) is 1.70. The van der Waals surface area contributed by atoms with Crippen molar-refractivity contribution in [2.45, 2.75) is 25.8 Å². The summed E-state index contributed by atoms with van der Waals surface area (Å²) in [4.78, 5) is 14.3. The molecule has 10 heteroatoms. The van der Waals surface area contributed by atoms with Gasteiger partial charge in [-0.3, -0.25) is 4.79 Å². The summed E-state index contributed by atoms with van der Waals surface area (Å²) in [5, 5.41) is 6.09. The van der Waals surface area contributed by atoms with Crippen molar-refractivity contribution < 1.29 is 13.2 Å². The van der Waals surface area contributed by atoms with Crippen LogP contribution < -0.4 is 15.5 Å². The first-order valence-electron chi connectivity index (χ1n) is 9.23. The molecule has 0 saturated carbocycles. The van der Waals surface area contributed by atoms with E-state index in [4.69, 9.17) is 0 Å². The molecule has 0 spiro atoms. The van der Waals surface area contributed by atoms with E-state index in [2.05, 4.69) is 21.6 Å². The Morgan fingerprint density at radius 1 is 1.14 bits per heavy atom. The van der Waals surface area contributed by atoms with Gasteiger partial charge in [-0.1, -0.05) is 12.1 Å². The average Bonchev–Trinajstić information content (AvgIpc) is 2.62. The molecule has 2 aliphatic rings. The topological polar surface area (TPSA) is 81.8 Å². The first-order chi connectivity index (χ1) is 12.4. The molecule has 28 heavy (non-hydrogen) atoms. The van der Waals surface area contributed by atoms with Crippen LogP contribution in [0, 0.1) is 6.92 Å². The van der Waals surface area contributed by atoms with Crippen molar-refractivity contribution in [3.05, 3.63) is 29.8 Å². The number of aryl methyl sites for hydroxylation is 1. The molecule has 2 aliphatic heterocycles. The Hall–Kier alpha value is -1.06. The lowest BCUT2D eigenvalue weighted by Gasteiger charge is -2.35. The molecule has 0 aliphatic carbocycles. The van der Waals surface area contributed by atoms with Gasteiger partial charge in [0.15, 0.2) is 0 Å². The van der Waals surface area contributed by atoms with Crippen molar-refractivity contribution in [3.8, 4) is 0 Å². The molecule has 2 heterocycles. The zero-order chi connectivity index (χ0) is 18.6. The molecular formula is C18H30Cl2N4O3S. The van der Waals surface area contributed by atoms with Crippen molar-refractivity contribution in [1.82, 2.24) is 14.9 Å². The van der Waals surface area contributed by atoms with Crippen LogP contribution in [0.15, 0.2) is 24.3 Å². The Balaban J connectivity index is 0.00000196. The highest BCUT2D eigenvalue weighted by Crippen LogP contribution is 2.19. The third kappa shape index (κ3) is 6.77. The number of sulfonamides is 1. The number of hydrogen-bond acceptors (Lipinski definition) is 5. The lowest BCUT2D eigenvalue weighted by Crippen LogP contribution is -2.51. The molecule has 0 unspecified atom stereocenters. The lowest BCUT2D eigenvalue weighted by molar-refractivity contribution is -0.119. The van der Waals surface area contributed by atoms with E-state index in [1.807, 2.05) is 25.1 Å². The number of piperazine rings is 1. The van der Waals surface area contributed by atoms with E-state index in [-0.39, 0.29) is 30.9 Å². The summed E-state index contributed by atoms with van der Waals surface area (Å²) >= 11 is 0.